The van der Waals surface area contributed by atoms with Gasteiger partial charge in [-0.2, -0.15) is 0 Å². The molecule has 1 amide bonds. The fourth-order valence-electron chi connectivity index (χ4n) is 2.06. The zero-order chi connectivity index (χ0) is 11.7. The molecular formula is C10H15N3O3. The molecule has 2 N–H and O–H groups in total. The first-order valence-electron chi connectivity index (χ1n) is 5.26. The summed E-state index contributed by atoms with van der Waals surface area (Å²) in [6.07, 6.45) is 0.825. The number of hydrogen-bond donors (Lipinski definition) is 2. The van der Waals surface area contributed by atoms with Gasteiger partial charge in [-0.25, -0.2) is 0 Å². The highest BCUT2D eigenvalue weighted by Crippen LogP contribution is 2.24. The van der Waals surface area contributed by atoms with E-state index in [0.29, 0.717) is 13.1 Å². The summed E-state index contributed by atoms with van der Waals surface area (Å²) in [5.74, 6) is -0.0785. The smallest absolute Gasteiger partial charge is 0.266 e. The predicted molar refractivity (Wildman–Crippen MR) is 57.1 cm³/mol. The molecule has 2 rings (SSSR count). The largest absolute Gasteiger partial charge is 0.387 e. The number of rotatable bonds is 2. The van der Waals surface area contributed by atoms with Crippen LogP contribution in [0.1, 0.15) is 18.0 Å². The maximum atomic E-state index is 11.3. The Morgan fingerprint density at radius 1 is 1.69 bits per heavy atom. The number of aliphatic hydroxyl groups is 1. The molecule has 1 aliphatic rings. The number of aryl methyl sites for hydroxylation is 1. The van der Waals surface area contributed by atoms with Gasteiger partial charge in [0.05, 0.1) is 0 Å². The number of hydrogen-bond acceptors (Lipinski definition) is 3. The van der Waals surface area contributed by atoms with Crippen LogP contribution >= 0.6 is 0 Å². The highest BCUT2D eigenvalue weighted by molar-refractivity contribution is 5.77. The van der Waals surface area contributed by atoms with Gasteiger partial charge in [-0.3, -0.25) is 19.4 Å². The lowest BCUT2D eigenvalue weighted by molar-refractivity contribution is -0.133. The number of amides is 1. The molecule has 0 aliphatic carbocycles. The van der Waals surface area contributed by atoms with Crippen LogP contribution in [0.15, 0.2) is 10.9 Å². The Balaban J connectivity index is 2.09. The second-order valence-electron chi connectivity index (χ2n) is 4.09. The predicted octanol–water partition coefficient (Wildman–Crippen LogP) is -0.978. The molecule has 6 heteroatoms. The number of aliphatic hydroxyl groups excluding tert-OH is 1. The summed E-state index contributed by atoms with van der Waals surface area (Å²) in [6, 6.07) is 1.57. The van der Waals surface area contributed by atoms with Crippen molar-refractivity contribution in [3.05, 3.63) is 22.1 Å². The van der Waals surface area contributed by atoms with E-state index in [2.05, 4.69) is 5.10 Å². The zero-order valence-electron chi connectivity index (χ0n) is 9.14. The molecule has 16 heavy (non-hydrogen) atoms. The molecule has 1 aromatic heterocycles. The van der Waals surface area contributed by atoms with Crippen LogP contribution in [0.4, 0.5) is 0 Å². The summed E-state index contributed by atoms with van der Waals surface area (Å²) in [6.45, 7) is 0.762. The minimum atomic E-state index is -0.446. The first kappa shape index (κ1) is 10.9. The number of likely N-dealkylation sites (tertiary alicyclic amines) is 1. The first-order chi connectivity index (χ1) is 7.61. The second-order valence-corrected chi connectivity index (χ2v) is 4.09. The van der Waals surface area contributed by atoms with E-state index in [1.165, 1.54) is 4.68 Å². The summed E-state index contributed by atoms with van der Waals surface area (Å²) in [5.41, 5.74) is 0.794. The third kappa shape index (κ3) is 1.88. The normalized spacial score (nSPS) is 20.4. The van der Waals surface area contributed by atoms with E-state index in [1.54, 1.807) is 18.0 Å². The van der Waals surface area contributed by atoms with Gasteiger partial charge in [0.15, 0.2) is 0 Å². The van der Waals surface area contributed by atoms with Gasteiger partial charge < -0.3 is 10.0 Å². The lowest BCUT2D eigenvalue weighted by Gasteiger charge is -2.14. The number of H-pyrrole nitrogens is 1. The minimum Gasteiger partial charge on any atom is -0.387 e. The molecule has 6 nitrogen and oxygen atoms in total. The van der Waals surface area contributed by atoms with Crippen molar-refractivity contribution in [1.29, 1.82) is 0 Å². The minimum absolute atomic E-state index is 0.0677. The molecule has 0 bridgehead atoms. The van der Waals surface area contributed by atoms with E-state index in [0.717, 1.165) is 12.1 Å². The Kier molecular flexibility index (Phi) is 2.82. The van der Waals surface area contributed by atoms with Crippen molar-refractivity contribution in [3.63, 3.8) is 0 Å². The van der Waals surface area contributed by atoms with E-state index in [9.17, 15) is 9.59 Å². The van der Waals surface area contributed by atoms with Crippen LogP contribution in [0.2, 0.25) is 0 Å². The lowest BCUT2D eigenvalue weighted by atomic mass is 10.1. The van der Waals surface area contributed by atoms with Crippen LogP contribution in [0.5, 0.6) is 0 Å². The van der Waals surface area contributed by atoms with Crippen LogP contribution < -0.4 is 5.56 Å². The second kappa shape index (κ2) is 4.13. The van der Waals surface area contributed by atoms with Crippen molar-refractivity contribution in [2.24, 2.45) is 7.05 Å². The fourth-order valence-corrected chi connectivity index (χ4v) is 2.06. The Bertz CT molecular complexity index is 448. The average Bonchev–Trinajstić information content (AvgIpc) is 2.86. The van der Waals surface area contributed by atoms with Gasteiger partial charge >= 0.3 is 0 Å². The zero-order valence-corrected chi connectivity index (χ0v) is 9.14. The number of carbonyl (C=O) groups excluding carboxylic acids is 1. The number of aromatic nitrogens is 2. The molecule has 1 aromatic rings. The van der Waals surface area contributed by atoms with Gasteiger partial charge in [0.2, 0.25) is 5.91 Å². The topological polar surface area (TPSA) is 78.3 Å². The molecule has 88 valence electrons. The fraction of sp³-hybridized carbons (Fsp3) is 0.600. The maximum absolute atomic E-state index is 11.3. The Morgan fingerprint density at radius 2 is 2.44 bits per heavy atom. The van der Waals surface area contributed by atoms with Crippen molar-refractivity contribution < 1.29 is 9.90 Å². The van der Waals surface area contributed by atoms with Crippen molar-refractivity contribution in [2.75, 3.05) is 19.7 Å². The number of nitrogens with zero attached hydrogens (tertiary/aromatic N) is 2. The van der Waals surface area contributed by atoms with Crippen molar-refractivity contribution in [2.45, 2.75) is 12.3 Å². The molecule has 1 saturated heterocycles. The van der Waals surface area contributed by atoms with Gasteiger partial charge in [-0.05, 0) is 6.42 Å². The van der Waals surface area contributed by atoms with Crippen LogP contribution in [0.3, 0.4) is 0 Å². The summed E-state index contributed by atoms with van der Waals surface area (Å²) < 4.78 is 1.42. The van der Waals surface area contributed by atoms with E-state index in [1.807, 2.05) is 0 Å². The molecule has 0 spiro atoms. The highest BCUT2D eigenvalue weighted by Gasteiger charge is 2.27. The Morgan fingerprint density at radius 3 is 3.00 bits per heavy atom. The molecule has 0 saturated carbocycles. The maximum Gasteiger partial charge on any atom is 0.266 e. The first-order valence-corrected chi connectivity index (χ1v) is 5.26. The van der Waals surface area contributed by atoms with Gasteiger partial charge in [-0.1, -0.05) is 0 Å². The number of carbonyl (C=O) groups is 1. The highest BCUT2D eigenvalue weighted by atomic mass is 16.3. The van der Waals surface area contributed by atoms with E-state index in [-0.39, 0.29) is 17.4 Å². The molecule has 1 unspecified atom stereocenters. The van der Waals surface area contributed by atoms with Crippen molar-refractivity contribution >= 4 is 5.91 Å². The van der Waals surface area contributed by atoms with Crippen molar-refractivity contribution in [1.82, 2.24) is 14.7 Å². The van der Waals surface area contributed by atoms with Crippen LogP contribution in [0.25, 0.3) is 0 Å². The van der Waals surface area contributed by atoms with Gasteiger partial charge in [0.25, 0.3) is 5.56 Å². The number of nitrogens with one attached hydrogen (secondary N) is 1. The summed E-state index contributed by atoms with van der Waals surface area (Å²) >= 11 is 0. The third-order valence-electron chi connectivity index (χ3n) is 3.02. The quantitative estimate of drug-likeness (QED) is 0.679. The molecule has 0 radical (unpaired) electrons. The molecule has 1 aliphatic heterocycles. The average molecular weight is 225 g/mol. The van der Waals surface area contributed by atoms with Crippen LogP contribution in [-0.2, 0) is 11.8 Å². The molecule has 0 aromatic carbocycles. The Hall–Kier alpha value is -1.56. The monoisotopic (exact) mass is 225 g/mol. The lowest BCUT2D eigenvalue weighted by Crippen LogP contribution is -2.30. The SMILES string of the molecule is Cn1[nH]c(C2CCN(C(=O)CO)C2)cc1=O. The van der Waals surface area contributed by atoms with E-state index >= 15 is 0 Å². The summed E-state index contributed by atoms with van der Waals surface area (Å²) in [4.78, 5) is 24.2. The van der Waals surface area contributed by atoms with E-state index in [4.69, 9.17) is 5.11 Å². The van der Waals surface area contributed by atoms with Crippen LogP contribution in [0, 0.1) is 0 Å². The number of aromatic amines is 1. The van der Waals surface area contributed by atoms with Gasteiger partial charge in [0, 0.05) is 37.8 Å². The van der Waals surface area contributed by atoms with E-state index < -0.39 is 6.61 Å². The molecular weight excluding hydrogens is 210 g/mol. The molecule has 1 fully saturated rings. The van der Waals surface area contributed by atoms with Gasteiger partial charge in [-0.15, -0.1) is 0 Å². The molecule has 1 atom stereocenters. The standard InChI is InChI=1S/C10H15N3O3/c1-12-9(15)4-8(11-12)7-2-3-13(5-7)10(16)6-14/h4,7,11,14H,2-3,5-6H2,1H3. The molecule has 2 heterocycles. The Labute approximate surface area is 92.5 Å². The van der Waals surface area contributed by atoms with Crippen molar-refractivity contribution in [3.8, 4) is 0 Å². The third-order valence-corrected chi connectivity index (χ3v) is 3.02. The summed E-state index contributed by atoms with van der Waals surface area (Å²) in [7, 11) is 1.66. The van der Waals surface area contributed by atoms with Gasteiger partial charge in [0.1, 0.15) is 6.61 Å². The van der Waals surface area contributed by atoms with Crippen LogP contribution in [-0.4, -0.2) is 45.4 Å². The summed E-state index contributed by atoms with van der Waals surface area (Å²) in [5, 5.41) is 11.7.